The lowest BCUT2D eigenvalue weighted by molar-refractivity contribution is -0.274. The second-order valence-corrected chi connectivity index (χ2v) is 5.97. The van der Waals surface area contributed by atoms with Crippen molar-refractivity contribution in [2.75, 3.05) is 5.32 Å². The smallest absolute Gasteiger partial charge is 0.406 e. The predicted molar refractivity (Wildman–Crippen MR) is 97.3 cm³/mol. The number of halogens is 4. The zero-order chi connectivity index (χ0) is 21.0. The van der Waals surface area contributed by atoms with Crippen molar-refractivity contribution >= 4 is 11.6 Å². The number of benzene rings is 2. The molecule has 0 saturated heterocycles. The number of alkyl halides is 3. The van der Waals surface area contributed by atoms with Crippen molar-refractivity contribution in [2.45, 2.75) is 12.9 Å². The summed E-state index contributed by atoms with van der Waals surface area (Å²) in [6.07, 6.45) is -3.40. The molecule has 1 aromatic heterocycles. The minimum atomic E-state index is -4.82. The number of nitrogens with one attached hydrogen (secondary N) is 1. The molecule has 0 radical (unpaired) electrons. The number of carbonyl (C=O) groups excluding carboxylic acids is 1. The summed E-state index contributed by atoms with van der Waals surface area (Å²) in [6.45, 7) is -0.0594. The summed E-state index contributed by atoms with van der Waals surface area (Å²) < 4.78 is 55.3. The lowest BCUT2D eigenvalue weighted by atomic mass is 10.2. The first-order valence-corrected chi connectivity index (χ1v) is 8.33. The van der Waals surface area contributed by atoms with Gasteiger partial charge in [-0.05, 0) is 42.5 Å². The molecule has 9 heteroatoms. The van der Waals surface area contributed by atoms with Crippen LogP contribution in [0, 0.1) is 5.82 Å². The zero-order valence-corrected chi connectivity index (χ0v) is 14.7. The predicted octanol–water partition coefficient (Wildman–Crippen LogP) is 4.19. The normalized spacial score (nSPS) is 11.2. The quantitative estimate of drug-likeness (QED) is 0.647. The van der Waals surface area contributed by atoms with Gasteiger partial charge in [0.15, 0.2) is 0 Å². The third-order valence-corrected chi connectivity index (χ3v) is 3.91. The van der Waals surface area contributed by atoms with E-state index in [1.807, 2.05) is 0 Å². The number of rotatable bonds is 5. The summed E-state index contributed by atoms with van der Waals surface area (Å²) in [5.74, 6) is -1.67. The number of aromatic nitrogens is 1. The van der Waals surface area contributed by atoms with Crippen molar-refractivity contribution in [2.24, 2.45) is 0 Å². The molecule has 1 N–H and O–H groups in total. The Morgan fingerprint density at radius 1 is 1.00 bits per heavy atom. The van der Waals surface area contributed by atoms with Gasteiger partial charge in [0.05, 0.1) is 6.54 Å². The van der Waals surface area contributed by atoms with E-state index in [1.165, 1.54) is 53.2 Å². The van der Waals surface area contributed by atoms with Crippen LogP contribution in [0.1, 0.15) is 15.9 Å². The number of hydrogen-bond acceptors (Lipinski definition) is 3. The molecule has 0 aliphatic rings. The van der Waals surface area contributed by atoms with Crippen LogP contribution < -0.4 is 15.6 Å². The second kappa shape index (κ2) is 8.17. The van der Waals surface area contributed by atoms with Crippen LogP contribution in [0.15, 0.2) is 71.7 Å². The highest BCUT2D eigenvalue weighted by Crippen LogP contribution is 2.24. The summed E-state index contributed by atoms with van der Waals surface area (Å²) >= 11 is 0. The van der Waals surface area contributed by atoms with Crippen LogP contribution in [-0.4, -0.2) is 16.8 Å². The van der Waals surface area contributed by atoms with Gasteiger partial charge < -0.3 is 14.6 Å². The van der Waals surface area contributed by atoms with Crippen LogP contribution >= 0.6 is 0 Å². The van der Waals surface area contributed by atoms with Gasteiger partial charge in [-0.3, -0.25) is 9.59 Å². The molecule has 2 aromatic carbocycles. The molecule has 1 heterocycles. The first-order chi connectivity index (χ1) is 13.7. The maximum Gasteiger partial charge on any atom is 0.573 e. The second-order valence-electron chi connectivity index (χ2n) is 5.97. The monoisotopic (exact) mass is 406 g/mol. The van der Waals surface area contributed by atoms with Crippen LogP contribution in [0.25, 0.3) is 0 Å². The highest BCUT2D eigenvalue weighted by molar-refractivity contribution is 6.04. The molecule has 0 saturated carbocycles. The van der Waals surface area contributed by atoms with Crippen LogP contribution in [0.5, 0.6) is 5.75 Å². The van der Waals surface area contributed by atoms with Gasteiger partial charge in [-0.15, -0.1) is 13.2 Å². The van der Waals surface area contributed by atoms with E-state index in [0.29, 0.717) is 0 Å². The van der Waals surface area contributed by atoms with Crippen molar-refractivity contribution in [3.8, 4) is 5.75 Å². The van der Waals surface area contributed by atoms with Crippen molar-refractivity contribution < 1.29 is 27.1 Å². The molecule has 0 bridgehead atoms. The van der Waals surface area contributed by atoms with Crippen molar-refractivity contribution in [1.29, 1.82) is 0 Å². The average molecular weight is 406 g/mol. The minimum Gasteiger partial charge on any atom is -0.406 e. The van der Waals surface area contributed by atoms with Gasteiger partial charge >= 0.3 is 6.36 Å². The maximum absolute atomic E-state index is 13.8. The fourth-order valence-electron chi connectivity index (χ4n) is 2.58. The topological polar surface area (TPSA) is 60.3 Å². The minimum absolute atomic E-state index is 0.0594. The number of ether oxygens (including phenoxy) is 1. The molecule has 3 rings (SSSR count). The molecule has 0 aliphatic carbocycles. The molecule has 0 spiro atoms. The average Bonchev–Trinajstić information content (AvgIpc) is 2.65. The van der Waals surface area contributed by atoms with Gasteiger partial charge in [0.2, 0.25) is 0 Å². The molecular formula is C20H14F4N2O3. The SMILES string of the molecule is O=C(Nc1ccc(OC(F)(F)F)cc1)c1cccn(Cc2ccccc2F)c1=O. The fraction of sp³-hybridized carbons (Fsp3) is 0.100. The lowest BCUT2D eigenvalue weighted by Crippen LogP contribution is -2.29. The van der Waals surface area contributed by atoms with E-state index in [0.717, 1.165) is 12.1 Å². The molecule has 0 unspecified atom stereocenters. The van der Waals surface area contributed by atoms with E-state index in [9.17, 15) is 27.2 Å². The Kier molecular flexibility index (Phi) is 5.67. The number of amides is 1. The summed E-state index contributed by atoms with van der Waals surface area (Å²) in [4.78, 5) is 25.0. The number of hydrogen-bond donors (Lipinski definition) is 1. The van der Waals surface area contributed by atoms with Crippen LogP contribution in [0.3, 0.4) is 0 Å². The Balaban J connectivity index is 1.76. The zero-order valence-electron chi connectivity index (χ0n) is 14.7. The molecule has 5 nitrogen and oxygen atoms in total. The van der Waals surface area contributed by atoms with Gasteiger partial charge in [0, 0.05) is 17.4 Å². The number of carbonyl (C=O) groups is 1. The number of nitrogens with zero attached hydrogens (tertiary/aromatic N) is 1. The van der Waals surface area contributed by atoms with Gasteiger partial charge in [-0.25, -0.2) is 4.39 Å². The molecule has 29 heavy (non-hydrogen) atoms. The van der Waals surface area contributed by atoms with Crippen LogP contribution in [0.4, 0.5) is 23.2 Å². The molecule has 0 atom stereocenters. The molecule has 0 aliphatic heterocycles. The Morgan fingerprint density at radius 2 is 1.69 bits per heavy atom. The number of pyridine rings is 1. The standard InChI is InChI=1S/C20H14F4N2O3/c21-17-6-2-1-4-13(17)12-26-11-3-5-16(19(26)28)18(27)25-14-7-9-15(10-8-14)29-20(22,23)24/h1-11H,12H2,(H,25,27). The molecule has 150 valence electrons. The largest absolute Gasteiger partial charge is 0.573 e. The lowest BCUT2D eigenvalue weighted by Gasteiger charge is -2.11. The third-order valence-electron chi connectivity index (χ3n) is 3.91. The highest BCUT2D eigenvalue weighted by Gasteiger charge is 2.31. The van der Waals surface area contributed by atoms with E-state index >= 15 is 0 Å². The van der Waals surface area contributed by atoms with Crippen LogP contribution in [0.2, 0.25) is 0 Å². The molecular weight excluding hydrogens is 392 g/mol. The van der Waals surface area contributed by atoms with E-state index < -0.39 is 29.4 Å². The molecule has 1 amide bonds. The summed E-state index contributed by atoms with van der Waals surface area (Å²) in [5.41, 5.74) is -0.370. The van der Waals surface area contributed by atoms with E-state index in [1.54, 1.807) is 6.07 Å². The molecule has 0 fully saturated rings. The van der Waals surface area contributed by atoms with Crippen LogP contribution in [-0.2, 0) is 6.54 Å². The maximum atomic E-state index is 13.8. The van der Waals surface area contributed by atoms with E-state index in [-0.39, 0.29) is 23.4 Å². The first-order valence-electron chi connectivity index (χ1n) is 8.33. The fourth-order valence-corrected chi connectivity index (χ4v) is 2.58. The Morgan fingerprint density at radius 3 is 2.34 bits per heavy atom. The van der Waals surface area contributed by atoms with Gasteiger partial charge in [-0.1, -0.05) is 18.2 Å². The summed E-state index contributed by atoms with van der Waals surface area (Å²) in [7, 11) is 0. The number of anilines is 1. The first kappa shape index (κ1) is 20.1. The highest BCUT2D eigenvalue weighted by atomic mass is 19.4. The Labute approximate surface area is 162 Å². The summed E-state index contributed by atoms with van der Waals surface area (Å²) in [5, 5.41) is 2.43. The Hall–Kier alpha value is -3.62. The van der Waals surface area contributed by atoms with Crippen molar-refractivity contribution in [3.05, 3.63) is 94.2 Å². The van der Waals surface area contributed by atoms with E-state index in [2.05, 4.69) is 10.1 Å². The molecule has 3 aromatic rings. The summed E-state index contributed by atoms with van der Waals surface area (Å²) in [6, 6.07) is 13.2. The van der Waals surface area contributed by atoms with Gasteiger partial charge in [-0.2, -0.15) is 0 Å². The van der Waals surface area contributed by atoms with Crippen molar-refractivity contribution in [3.63, 3.8) is 0 Å². The van der Waals surface area contributed by atoms with Gasteiger partial charge in [0.1, 0.15) is 17.1 Å². The third kappa shape index (κ3) is 5.22. The Bertz CT molecular complexity index is 1080. The van der Waals surface area contributed by atoms with Crippen molar-refractivity contribution in [1.82, 2.24) is 4.57 Å². The van der Waals surface area contributed by atoms with Gasteiger partial charge in [0.25, 0.3) is 11.5 Å². The van der Waals surface area contributed by atoms with E-state index in [4.69, 9.17) is 0 Å².